The van der Waals surface area contributed by atoms with Crippen LogP contribution >= 0.6 is 0 Å². The Labute approximate surface area is 90.1 Å². The van der Waals surface area contributed by atoms with Gasteiger partial charge in [-0.2, -0.15) is 0 Å². The summed E-state index contributed by atoms with van der Waals surface area (Å²) in [6.07, 6.45) is 5.48. The molecule has 0 bridgehead atoms. The van der Waals surface area contributed by atoms with E-state index >= 15 is 0 Å². The summed E-state index contributed by atoms with van der Waals surface area (Å²) in [4.78, 5) is 8.26. The minimum Gasteiger partial charge on any atom is -0.462 e. The van der Waals surface area contributed by atoms with E-state index in [2.05, 4.69) is 15.3 Å². The van der Waals surface area contributed by atoms with Gasteiger partial charge in [-0.15, -0.1) is 0 Å². The molecule has 1 aliphatic heterocycles. The highest BCUT2D eigenvalue weighted by atomic mass is 16.5. The first-order valence-electron chi connectivity index (χ1n) is 5.50. The maximum atomic E-state index is 5.54. The second kappa shape index (κ2) is 5.07. The van der Waals surface area contributed by atoms with E-state index in [1.54, 1.807) is 6.20 Å². The monoisotopic (exact) mass is 207 g/mol. The van der Waals surface area contributed by atoms with E-state index in [0.717, 1.165) is 12.2 Å². The quantitative estimate of drug-likeness (QED) is 0.811. The van der Waals surface area contributed by atoms with Crippen LogP contribution in [0.2, 0.25) is 0 Å². The zero-order chi connectivity index (χ0) is 10.5. The lowest BCUT2D eigenvalue weighted by molar-refractivity contribution is 0.224. The smallest absolute Gasteiger partial charge is 0.316 e. The summed E-state index contributed by atoms with van der Waals surface area (Å²) in [6.45, 7) is 3.71. The van der Waals surface area contributed by atoms with E-state index in [1.807, 2.05) is 13.0 Å². The molecule has 0 spiro atoms. The van der Waals surface area contributed by atoms with Gasteiger partial charge in [0.2, 0.25) is 0 Å². The lowest BCUT2D eigenvalue weighted by Gasteiger charge is -2.22. The SMILES string of the molecule is Cc1ccnc(OC[C@H]2CCCCN2)n1. The Hall–Kier alpha value is -1.16. The number of nitrogens with zero attached hydrogens (tertiary/aromatic N) is 2. The number of aromatic nitrogens is 2. The number of hydrogen-bond acceptors (Lipinski definition) is 4. The molecule has 1 aliphatic rings. The third-order valence-corrected chi connectivity index (χ3v) is 2.60. The second-order valence-corrected chi connectivity index (χ2v) is 3.94. The van der Waals surface area contributed by atoms with Crippen LogP contribution in [0.3, 0.4) is 0 Å². The van der Waals surface area contributed by atoms with Crippen molar-refractivity contribution in [2.24, 2.45) is 0 Å². The van der Waals surface area contributed by atoms with E-state index in [4.69, 9.17) is 4.74 Å². The zero-order valence-electron chi connectivity index (χ0n) is 9.07. The number of nitrogens with one attached hydrogen (secondary N) is 1. The fourth-order valence-corrected chi connectivity index (χ4v) is 1.74. The highest BCUT2D eigenvalue weighted by Crippen LogP contribution is 2.08. The molecule has 0 aromatic carbocycles. The van der Waals surface area contributed by atoms with Crippen LogP contribution in [-0.4, -0.2) is 29.2 Å². The Balaban J connectivity index is 1.81. The molecule has 0 saturated carbocycles. The molecular weight excluding hydrogens is 190 g/mol. The highest BCUT2D eigenvalue weighted by molar-refractivity contribution is 5.03. The van der Waals surface area contributed by atoms with Crippen LogP contribution in [-0.2, 0) is 0 Å². The van der Waals surface area contributed by atoms with E-state index < -0.39 is 0 Å². The average Bonchev–Trinajstić information content (AvgIpc) is 2.28. The molecule has 2 rings (SSSR count). The lowest BCUT2D eigenvalue weighted by Crippen LogP contribution is -2.38. The standard InChI is InChI=1S/C11H17N3O/c1-9-5-7-13-11(14-9)15-8-10-4-2-3-6-12-10/h5,7,10,12H,2-4,6,8H2,1H3/t10-/m1/s1. The molecule has 1 fully saturated rings. The van der Waals surface area contributed by atoms with Gasteiger partial charge in [0.25, 0.3) is 0 Å². The van der Waals surface area contributed by atoms with Crippen LogP contribution in [0.15, 0.2) is 12.3 Å². The van der Waals surface area contributed by atoms with Gasteiger partial charge in [-0.05, 0) is 32.4 Å². The molecule has 4 nitrogen and oxygen atoms in total. The molecule has 0 radical (unpaired) electrons. The van der Waals surface area contributed by atoms with Crippen molar-refractivity contribution in [1.29, 1.82) is 0 Å². The molecule has 82 valence electrons. The third-order valence-electron chi connectivity index (χ3n) is 2.60. The second-order valence-electron chi connectivity index (χ2n) is 3.94. The lowest BCUT2D eigenvalue weighted by atomic mass is 10.1. The predicted octanol–water partition coefficient (Wildman–Crippen LogP) is 1.31. The van der Waals surface area contributed by atoms with Gasteiger partial charge in [0.05, 0.1) is 0 Å². The van der Waals surface area contributed by atoms with Crippen LogP contribution in [0, 0.1) is 6.92 Å². The molecule has 1 saturated heterocycles. The molecule has 15 heavy (non-hydrogen) atoms. The van der Waals surface area contributed by atoms with Crippen molar-refractivity contribution in [2.45, 2.75) is 32.2 Å². The average molecular weight is 207 g/mol. The molecule has 2 heterocycles. The zero-order valence-corrected chi connectivity index (χ0v) is 9.07. The van der Waals surface area contributed by atoms with Crippen molar-refractivity contribution in [3.05, 3.63) is 18.0 Å². The fourth-order valence-electron chi connectivity index (χ4n) is 1.74. The minimum atomic E-state index is 0.461. The van der Waals surface area contributed by atoms with Crippen LogP contribution in [0.5, 0.6) is 6.01 Å². The number of piperidine rings is 1. The Morgan fingerprint density at radius 2 is 2.47 bits per heavy atom. The fraction of sp³-hybridized carbons (Fsp3) is 0.636. The van der Waals surface area contributed by atoms with Gasteiger partial charge < -0.3 is 10.1 Å². The van der Waals surface area contributed by atoms with Crippen LogP contribution < -0.4 is 10.1 Å². The van der Waals surface area contributed by atoms with Crippen LogP contribution in [0.25, 0.3) is 0 Å². The van der Waals surface area contributed by atoms with Crippen LogP contribution in [0.1, 0.15) is 25.0 Å². The Kier molecular flexibility index (Phi) is 3.50. The Morgan fingerprint density at radius 1 is 1.53 bits per heavy atom. The number of aryl methyl sites for hydroxylation is 1. The topological polar surface area (TPSA) is 47.0 Å². The molecule has 1 aromatic heterocycles. The summed E-state index contributed by atoms with van der Waals surface area (Å²) >= 11 is 0. The molecular formula is C11H17N3O. The van der Waals surface area contributed by atoms with Crippen molar-refractivity contribution in [2.75, 3.05) is 13.2 Å². The largest absolute Gasteiger partial charge is 0.462 e. The van der Waals surface area contributed by atoms with Crippen molar-refractivity contribution in [1.82, 2.24) is 15.3 Å². The maximum absolute atomic E-state index is 5.54. The molecule has 0 aliphatic carbocycles. The van der Waals surface area contributed by atoms with E-state index in [0.29, 0.717) is 18.7 Å². The molecule has 1 atom stereocenters. The van der Waals surface area contributed by atoms with Gasteiger partial charge in [0.15, 0.2) is 0 Å². The van der Waals surface area contributed by atoms with Gasteiger partial charge in [0.1, 0.15) is 6.61 Å². The third kappa shape index (κ3) is 3.16. The van der Waals surface area contributed by atoms with Crippen molar-refractivity contribution in [3.8, 4) is 6.01 Å². The van der Waals surface area contributed by atoms with E-state index in [-0.39, 0.29) is 0 Å². The van der Waals surface area contributed by atoms with E-state index in [9.17, 15) is 0 Å². The minimum absolute atomic E-state index is 0.461. The number of rotatable bonds is 3. The molecule has 4 heteroatoms. The first-order valence-corrected chi connectivity index (χ1v) is 5.50. The first kappa shape index (κ1) is 10.4. The Morgan fingerprint density at radius 3 is 3.20 bits per heavy atom. The summed E-state index contributed by atoms with van der Waals surface area (Å²) in [6, 6.07) is 2.82. The van der Waals surface area contributed by atoms with Crippen molar-refractivity contribution in [3.63, 3.8) is 0 Å². The number of ether oxygens (including phenoxy) is 1. The van der Waals surface area contributed by atoms with Gasteiger partial charge in [0, 0.05) is 17.9 Å². The maximum Gasteiger partial charge on any atom is 0.316 e. The van der Waals surface area contributed by atoms with Gasteiger partial charge >= 0.3 is 6.01 Å². The summed E-state index contributed by atoms with van der Waals surface area (Å²) in [5.74, 6) is 0. The first-order chi connectivity index (χ1) is 7.34. The normalized spacial score (nSPS) is 21.3. The van der Waals surface area contributed by atoms with E-state index in [1.165, 1.54) is 19.3 Å². The molecule has 0 amide bonds. The van der Waals surface area contributed by atoms with Gasteiger partial charge in [-0.25, -0.2) is 9.97 Å². The molecule has 1 N–H and O–H groups in total. The van der Waals surface area contributed by atoms with Crippen LogP contribution in [0.4, 0.5) is 0 Å². The summed E-state index contributed by atoms with van der Waals surface area (Å²) in [7, 11) is 0. The van der Waals surface area contributed by atoms with Gasteiger partial charge in [-0.1, -0.05) is 6.42 Å². The number of hydrogen-bond donors (Lipinski definition) is 1. The molecule has 1 aromatic rings. The van der Waals surface area contributed by atoms with Gasteiger partial charge in [-0.3, -0.25) is 0 Å². The summed E-state index contributed by atoms with van der Waals surface area (Å²) in [5.41, 5.74) is 0.941. The van der Waals surface area contributed by atoms with Crippen molar-refractivity contribution < 1.29 is 4.74 Å². The van der Waals surface area contributed by atoms with Crippen molar-refractivity contribution >= 4 is 0 Å². The highest BCUT2D eigenvalue weighted by Gasteiger charge is 2.13. The molecule has 0 unspecified atom stereocenters. The summed E-state index contributed by atoms with van der Waals surface area (Å²) in [5, 5.41) is 3.42. The summed E-state index contributed by atoms with van der Waals surface area (Å²) < 4.78 is 5.54. The Bertz CT molecular complexity index is 310. The predicted molar refractivity (Wildman–Crippen MR) is 57.9 cm³/mol.